The summed E-state index contributed by atoms with van der Waals surface area (Å²) in [5.41, 5.74) is 2.68. The van der Waals surface area contributed by atoms with Crippen LogP contribution in [0.5, 0.6) is 0 Å². The lowest BCUT2D eigenvalue weighted by Crippen LogP contribution is -2.37. The van der Waals surface area contributed by atoms with Crippen LogP contribution in [0.1, 0.15) is 34.9 Å². The Kier molecular flexibility index (Phi) is 3.45. The number of hydrogen-bond acceptors (Lipinski definition) is 2. The molecular formula is C19H20N2O2. The molecule has 23 heavy (non-hydrogen) atoms. The van der Waals surface area contributed by atoms with Crippen molar-refractivity contribution in [1.29, 1.82) is 0 Å². The second-order valence-electron chi connectivity index (χ2n) is 6.26. The van der Waals surface area contributed by atoms with Crippen molar-refractivity contribution in [3.05, 3.63) is 60.2 Å². The molecule has 2 aromatic heterocycles. The SMILES string of the molecule is Cn1cc(C2CCN(C(=O)c3ccco3)CC2)c2ccccc21. The monoisotopic (exact) mass is 308 g/mol. The van der Waals surface area contributed by atoms with E-state index in [0.29, 0.717) is 11.7 Å². The number of aromatic nitrogens is 1. The van der Waals surface area contributed by atoms with Crippen molar-refractivity contribution in [1.82, 2.24) is 9.47 Å². The minimum atomic E-state index is 0.00590. The number of carbonyl (C=O) groups is 1. The molecule has 0 bridgehead atoms. The zero-order valence-corrected chi connectivity index (χ0v) is 13.2. The number of benzene rings is 1. The van der Waals surface area contributed by atoms with Gasteiger partial charge in [-0.1, -0.05) is 18.2 Å². The van der Waals surface area contributed by atoms with Gasteiger partial charge in [-0.15, -0.1) is 0 Å². The van der Waals surface area contributed by atoms with Gasteiger partial charge in [0.05, 0.1) is 6.26 Å². The first kappa shape index (κ1) is 14.1. The Morgan fingerprint density at radius 1 is 1.13 bits per heavy atom. The molecule has 1 aromatic carbocycles. The molecule has 0 atom stereocenters. The Bertz CT molecular complexity index is 824. The number of furan rings is 1. The van der Waals surface area contributed by atoms with Crippen molar-refractivity contribution in [2.75, 3.05) is 13.1 Å². The van der Waals surface area contributed by atoms with Gasteiger partial charge in [0.1, 0.15) is 0 Å². The summed E-state index contributed by atoms with van der Waals surface area (Å²) in [6.45, 7) is 1.57. The third-order valence-corrected chi connectivity index (χ3v) is 4.88. The summed E-state index contributed by atoms with van der Waals surface area (Å²) in [6, 6.07) is 12.0. The lowest BCUT2D eigenvalue weighted by atomic mass is 9.89. The number of hydrogen-bond donors (Lipinski definition) is 0. The second kappa shape index (κ2) is 5.61. The van der Waals surface area contributed by atoms with E-state index in [9.17, 15) is 4.79 Å². The van der Waals surface area contributed by atoms with E-state index in [1.165, 1.54) is 16.5 Å². The van der Waals surface area contributed by atoms with Gasteiger partial charge in [-0.3, -0.25) is 4.79 Å². The molecule has 4 heteroatoms. The highest BCUT2D eigenvalue weighted by Crippen LogP contribution is 2.34. The molecule has 118 valence electrons. The van der Waals surface area contributed by atoms with Gasteiger partial charge in [0.25, 0.3) is 5.91 Å². The zero-order chi connectivity index (χ0) is 15.8. The van der Waals surface area contributed by atoms with Gasteiger partial charge in [-0.05, 0) is 42.5 Å². The highest BCUT2D eigenvalue weighted by molar-refractivity contribution is 5.91. The molecule has 1 saturated heterocycles. The average Bonchev–Trinajstić information content (AvgIpc) is 3.23. The maximum atomic E-state index is 12.3. The fourth-order valence-electron chi connectivity index (χ4n) is 3.65. The molecule has 4 rings (SSSR count). The van der Waals surface area contributed by atoms with Gasteiger partial charge in [0, 0.05) is 37.2 Å². The number of piperidine rings is 1. The predicted octanol–water partition coefficient (Wildman–Crippen LogP) is 3.79. The van der Waals surface area contributed by atoms with Gasteiger partial charge in [0.2, 0.25) is 0 Å². The van der Waals surface area contributed by atoms with E-state index in [1.807, 2.05) is 4.90 Å². The number of nitrogens with zero attached hydrogens (tertiary/aromatic N) is 2. The predicted molar refractivity (Wildman–Crippen MR) is 89.5 cm³/mol. The third-order valence-electron chi connectivity index (χ3n) is 4.88. The molecule has 1 aliphatic heterocycles. The lowest BCUT2D eigenvalue weighted by Gasteiger charge is -2.31. The molecule has 1 amide bonds. The van der Waals surface area contributed by atoms with E-state index in [1.54, 1.807) is 18.4 Å². The van der Waals surface area contributed by atoms with E-state index in [2.05, 4.69) is 42.1 Å². The third kappa shape index (κ3) is 2.44. The van der Waals surface area contributed by atoms with Crippen molar-refractivity contribution in [2.45, 2.75) is 18.8 Å². The summed E-state index contributed by atoms with van der Waals surface area (Å²) in [5, 5.41) is 1.34. The van der Waals surface area contributed by atoms with Gasteiger partial charge < -0.3 is 13.9 Å². The lowest BCUT2D eigenvalue weighted by molar-refractivity contribution is 0.0681. The maximum absolute atomic E-state index is 12.3. The average molecular weight is 308 g/mol. The normalized spacial score (nSPS) is 16.1. The number of para-hydroxylation sites is 1. The molecule has 3 heterocycles. The van der Waals surface area contributed by atoms with Crippen LogP contribution in [0.4, 0.5) is 0 Å². The van der Waals surface area contributed by atoms with Crippen LogP contribution in [-0.4, -0.2) is 28.5 Å². The first-order valence-electron chi connectivity index (χ1n) is 8.11. The zero-order valence-electron chi connectivity index (χ0n) is 13.2. The van der Waals surface area contributed by atoms with E-state index in [4.69, 9.17) is 4.42 Å². The van der Waals surface area contributed by atoms with Crippen LogP contribution in [0.2, 0.25) is 0 Å². The molecule has 0 unspecified atom stereocenters. The number of aryl methyl sites for hydroxylation is 1. The Labute approximate surface area is 135 Å². The Balaban J connectivity index is 1.52. The van der Waals surface area contributed by atoms with Crippen LogP contribution in [0.25, 0.3) is 10.9 Å². The van der Waals surface area contributed by atoms with Crippen molar-refractivity contribution in [2.24, 2.45) is 7.05 Å². The molecule has 3 aromatic rings. The molecule has 4 nitrogen and oxygen atoms in total. The van der Waals surface area contributed by atoms with Crippen LogP contribution in [0.3, 0.4) is 0 Å². The molecule has 0 N–H and O–H groups in total. The Hall–Kier alpha value is -2.49. The number of fused-ring (bicyclic) bond motifs is 1. The molecule has 0 spiro atoms. The van der Waals surface area contributed by atoms with E-state index < -0.39 is 0 Å². The summed E-state index contributed by atoms with van der Waals surface area (Å²) in [5.74, 6) is 0.960. The standard InChI is InChI=1S/C19H20N2O2/c1-20-13-16(15-5-2-3-6-17(15)20)14-8-10-21(11-9-14)19(22)18-7-4-12-23-18/h2-7,12-14H,8-11H2,1H3. The first-order chi connectivity index (χ1) is 11.2. The number of carbonyl (C=O) groups excluding carboxylic acids is 1. The van der Waals surface area contributed by atoms with Crippen LogP contribution < -0.4 is 0 Å². The van der Waals surface area contributed by atoms with Crippen molar-refractivity contribution < 1.29 is 9.21 Å². The first-order valence-corrected chi connectivity index (χ1v) is 8.11. The number of likely N-dealkylation sites (tertiary alicyclic amines) is 1. The fraction of sp³-hybridized carbons (Fsp3) is 0.316. The highest BCUT2D eigenvalue weighted by Gasteiger charge is 2.27. The Morgan fingerprint density at radius 2 is 1.91 bits per heavy atom. The van der Waals surface area contributed by atoms with E-state index in [-0.39, 0.29) is 5.91 Å². The van der Waals surface area contributed by atoms with Gasteiger partial charge in [-0.25, -0.2) is 0 Å². The Morgan fingerprint density at radius 3 is 2.65 bits per heavy atom. The van der Waals surface area contributed by atoms with Crippen LogP contribution >= 0.6 is 0 Å². The maximum Gasteiger partial charge on any atom is 0.289 e. The molecule has 0 aliphatic carbocycles. The number of amides is 1. The van der Waals surface area contributed by atoms with E-state index in [0.717, 1.165) is 25.9 Å². The quantitative estimate of drug-likeness (QED) is 0.722. The number of rotatable bonds is 2. The fourth-order valence-corrected chi connectivity index (χ4v) is 3.65. The second-order valence-corrected chi connectivity index (χ2v) is 6.26. The summed E-state index contributed by atoms with van der Waals surface area (Å²) in [4.78, 5) is 14.3. The summed E-state index contributed by atoms with van der Waals surface area (Å²) in [7, 11) is 2.10. The van der Waals surface area contributed by atoms with Gasteiger partial charge in [-0.2, -0.15) is 0 Å². The minimum Gasteiger partial charge on any atom is -0.459 e. The summed E-state index contributed by atoms with van der Waals surface area (Å²) < 4.78 is 7.43. The molecular weight excluding hydrogens is 288 g/mol. The topological polar surface area (TPSA) is 38.4 Å². The van der Waals surface area contributed by atoms with E-state index >= 15 is 0 Å². The van der Waals surface area contributed by atoms with Crippen LogP contribution in [-0.2, 0) is 7.05 Å². The van der Waals surface area contributed by atoms with Gasteiger partial charge >= 0.3 is 0 Å². The van der Waals surface area contributed by atoms with Gasteiger partial charge in [0.15, 0.2) is 5.76 Å². The van der Waals surface area contributed by atoms with Crippen molar-refractivity contribution >= 4 is 16.8 Å². The highest BCUT2D eigenvalue weighted by atomic mass is 16.3. The summed E-state index contributed by atoms with van der Waals surface area (Å²) >= 11 is 0. The summed E-state index contributed by atoms with van der Waals surface area (Å²) in [6.07, 6.45) is 5.80. The van der Waals surface area contributed by atoms with Crippen LogP contribution in [0.15, 0.2) is 53.3 Å². The largest absolute Gasteiger partial charge is 0.459 e. The van der Waals surface area contributed by atoms with Crippen LogP contribution in [0, 0.1) is 0 Å². The molecule has 1 aliphatic rings. The smallest absolute Gasteiger partial charge is 0.289 e. The minimum absolute atomic E-state index is 0.00590. The van der Waals surface area contributed by atoms with Crippen molar-refractivity contribution in [3.63, 3.8) is 0 Å². The molecule has 1 fully saturated rings. The van der Waals surface area contributed by atoms with Crippen molar-refractivity contribution in [3.8, 4) is 0 Å². The molecule has 0 radical (unpaired) electrons. The molecule has 0 saturated carbocycles.